The third-order valence-corrected chi connectivity index (χ3v) is 6.82. The van der Waals surface area contributed by atoms with Crippen molar-refractivity contribution in [1.29, 1.82) is 0 Å². The molecule has 0 amide bonds. The zero-order chi connectivity index (χ0) is 15.0. The van der Waals surface area contributed by atoms with Crippen LogP contribution in [-0.2, 0) is 0 Å². The minimum absolute atomic E-state index is 0.782. The van der Waals surface area contributed by atoms with E-state index in [1.165, 1.54) is 53.8 Å². The average Bonchev–Trinajstić information content (AvgIpc) is 2.76. The first kappa shape index (κ1) is 12.5. The van der Waals surface area contributed by atoms with E-state index in [1.54, 1.807) is 11.1 Å². The molecule has 0 radical (unpaired) electrons. The third-order valence-electron chi connectivity index (χ3n) is 6.82. The Bertz CT molecular complexity index is 927. The van der Waals surface area contributed by atoms with Gasteiger partial charge in [-0.2, -0.15) is 0 Å². The van der Waals surface area contributed by atoms with Crippen LogP contribution in [0, 0.1) is 11.8 Å². The second-order valence-electron chi connectivity index (χ2n) is 8.11. The molecule has 7 rings (SSSR count). The number of rotatable bonds is 0. The van der Waals surface area contributed by atoms with Crippen molar-refractivity contribution < 1.29 is 0 Å². The largest absolute Gasteiger partial charge is 0.255 e. The maximum atomic E-state index is 4.96. The van der Waals surface area contributed by atoms with Crippen molar-refractivity contribution in [2.45, 2.75) is 43.9 Å². The molecule has 2 atom stereocenters. The second-order valence-corrected chi connectivity index (χ2v) is 8.11. The number of aromatic nitrogens is 1. The molecule has 0 spiro atoms. The number of hydrogen-bond acceptors (Lipinski definition) is 1. The first-order valence-corrected chi connectivity index (χ1v) is 9.17. The summed E-state index contributed by atoms with van der Waals surface area (Å²) >= 11 is 0. The molecule has 4 aliphatic carbocycles. The Balaban J connectivity index is 1.71. The van der Waals surface area contributed by atoms with Gasteiger partial charge in [-0.25, -0.2) is 0 Å². The minimum Gasteiger partial charge on any atom is -0.255 e. The van der Waals surface area contributed by atoms with E-state index in [0.29, 0.717) is 0 Å². The van der Waals surface area contributed by atoms with E-state index in [1.807, 2.05) is 0 Å². The van der Waals surface area contributed by atoms with Crippen molar-refractivity contribution in [3.05, 3.63) is 53.7 Å². The van der Waals surface area contributed by atoms with Gasteiger partial charge in [0, 0.05) is 17.0 Å². The zero-order valence-corrected chi connectivity index (χ0v) is 13.3. The van der Waals surface area contributed by atoms with E-state index in [-0.39, 0.29) is 0 Å². The molecule has 1 heterocycles. The van der Waals surface area contributed by atoms with E-state index < -0.39 is 0 Å². The van der Waals surface area contributed by atoms with E-state index in [4.69, 9.17) is 4.98 Å². The molecule has 2 aromatic carbocycles. The molecule has 23 heavy (non-hydrogen) atoms. The number of benzene rings is 2. The Hall–Kier alpha value is -1.89. The zero-order valence-electron chi connectivity index (χ0n) is 13.3. The molecular weight excluding hydrogens is 278 g/mol. The van der Waals surface area contributed by atoms with E-state index in [9.17, 15) is 0 Å². The lowest BCUT2D eigenvalue weighted by Gasteiger charge is -2.38. The second kappa shape index (κ2) is 4.35. The van der Waals surface area contributed by atoms with Crippen LogP contribution >= 0.6 is 0 Å². The maximum absolute atomic E-state index is 4.96. The van der Waals surface area contributed by atoms with Gasteiger partial charge in [0.1, 0.15) is 0 Å². The number of hydrogen-bond donors (Lipinski definition) is 0. The summed E-state index contributed by atoms with van der Waals surface area (Å²) in [5.41, 5.74) is 4.50. The molecule has 2 saturated carbocycles. The lowest BCUT2D eigenvalue weighted by molar-refractivity contribution is 0.166. The summed E-state index contributed by atoms with van der Waals surface area (Å²) < 4.78 is 0. The van der Waals surface area contributed by atoms with Gasteiger partial charge in [-0.15, -0.1) is 0 Å². The van der Waals surface area contributed by atoms with Gasteiger partial charge in [0.05, 0.1) is 5.52 Å². The fourth-order valence-electron chi connectivity index (χ4n) is 6.09. The van der Waals surface area contributed by atoms with Crippen LogP contribution in [0.3, 0.4) is 0 Å². The highest BCUT2D eigenvalue weighted by atomic mass is 14.7. The molecule has 4 bridgehead atoms. The smallest absolute Gasteiger partial charge is 0.0783 e. The highest BCUT2D eigenvalue weighted by Crippen LogP contribution is 2.57. The minimum atomic E-state index is 0.782. The van der Waals surface area contributed by atoms with Crippen molar-refractivity contribution in [2.24, 2.45) is 11.8 Å². The molecule has 0 aliphatic heterocycles. The summed E-state index contributed by atoms with van der Waals surface area (Å²) in [6.45, 7) is 0. The monoisotopic (exact) mass is 299 g/mol. The Kier molecular flexibility index (Phi) is 2.37. The van der Waals surface area contributed by atoms with Gasteiger partial charge in [0.15, 0.2) is 0 Å². The lowest BCUT2D eigenvalue weighted by atomic mass is 9.67. The highest BCUT2D eigenvalue weighted by Gasteiger charge is 2.42. The van der Waals surface area contributed by atoms with Crippen molar-refractivity contribution >= 4 is 21.7 Å². The lowest BCUT2D eigenvalue weighted by Crippen LogP contribution is -2.25. The fraction of sp³-hybridized carbons (Fsp3) is 0.409. The topological polar surface area (TPSA) is 12.9 Å². The van der Waals surface area contributed by atoms with Crippen molar-refractivity contribution in [2.75, 3.05) is 0 Å². The van der Waals surface area contributed by atoms with Gasteiger partial charge in [-0.1, -0.05) is 36.4 Å². The summed E-state index contributed by atoms with van der Waals surface area (Å²) in [5, 5.41) is 4.07. The SMILES string of the molecule is c1ccc2c(c1)ccc1c3c(cnc12)C1CC2CC(C1)CC3C2. The molecule has 1 heteroatoms. The molecule has 2 fully saturated rings. The first-order valence-electron chi connectivity index (χ1n) is 9.17. The Morgan fingerprint density at radius 2 is 1.52 bits per heavy atom. The molecule has 1 aromatic heterocycles. The number of fused-ring (bicyclic) bond motifs is 3. The van der Waals surface area contributed by atoms with E-state index >= 15 is 0 Å². The molecule has 114 valence electrons. The van der Waals surface area contributed by atoms with Crippen LogP contribution < -0.4 is 0 Å². The van der Waals surface area contributed by atoms with Crippen LogP contribution in [0.1, 0.15) is 55.1 Å². The summed E-state index contributed by atoms with van der Waals surface area (Å²) in [5.74, 6) is 3.51. The third kappa shape index (κ3) is 1.66. The van der Waals surface area contributed by atoms with Crippen LogP contribution in [0.5, 0.6) is 0 Å². The fourth-order valence-corrected chi connectivity index (χ4v) is 6.09. The van der Waals surface area contributed by atoms with Gasteiger partial charge < -0.3 is 0 Å². The van der Waals surface area contributed by atoms with Gasteiger partial charge in [0.25, 0.3) is 0 Å². The van der Waals surface area contributed by atoms with Gasteiger partial charge >= 0.3 is 0 Å². The van der Waals surface area contributed by atoms with E-state index in [2.05, 4.69) is 42.6 Å². The Morgan fingerprint density at radius 3 is 2.39 bits per heavy atom. The van der Waals surface area contributed by atoms with Crippen LogP contribution in [-0.4, -0.2) is 4.98 Å². The summed E-state index contributed by atoms with van der Waals surface area (Å²) in [6, 6.07) is 13.4. The van der Waals surface area contributed by atoms with Crippen LogP contribution in [0.15, 0.2) is 42.6 Å². The van der Waals surface area contributed by atoms with Crippen LogP contribution in [0.25, 0.3) is 21.7 Å². The van der Waals surface area contributed by atoms with Gasteiger partial charge in [-0.05, 0) is 72.3 Å². The number of pyridine rings is 1. The highest BCUT2D eigenvalue weighted by molar-refractivity contribution is 6.06. The maximum Gasteiger partial charge on any atom is 0.0783 e. The normalized spacial score (nSPS) is 31.5. The molecule has 3 aromatic rings. The summed E-state index contributed by atoms with van der Waals surface area (Å²) in [6.07, 6.45) is 9.42. The van der Waals surface area contributed by atoms with Gasteiger partial charge in [0.2, 0.25) is 0 Å². The Labute approximate surface area is 136 Å². The quantitative estimate of drug-likeness (QED) is 0.479. The van der Waals surface area contributed by atoms with Crippen LogP contribution in [0.4, 0.5) is 0 Å². The molecule has 2 unspecified atom stereocenters. The molecule has 0 saturated heterocycles. The molecule has 4 aliphatic rings. The average molecular weight is 299 g/mol. The molecule has 1 nitrogen and oxygen atoms in total. The van der Waals surface area contributed by atoms with Crippen LogP contribution in [0.2, 0.25) is 0 Å². The number of nitrogens with zero attached hydrogens (tertiary/aromatic N) is 1. The standard InChI is InChI=1S/C22H21N/c1-2-4-18-15(3-1)5-6-19-21-17-10-13-7-14(11-17)9-16(8-13)20(21)12-23-22(18)19/h1-6,12-14,16-17H,7-11H2. The predicted molar refractivity (Wildman–Crippen MR) is 94.8 cm³/mol. The predicted octanol–water partition coefficient (Wildman–Crippen LogP) is 5.78. The van der Waals surface area contributed by atoms with Crippen molar-refractivity contribution in [1.82, 2.24) is 4.98 Å². The van der Waals surface area contributed by atoms with Crippen molar-refractivity contribution in [3.8, 4) is 0 Å². The molecular formula is C22H21N. The van der Waals surface area contributed by atoms with E-state index in [0.717, 1.165) is 23.7 Å². The van der Waals surface area contributed by atoms with Gasteiger partial charge in [-0.3, -0.25) is 4.98 Å². The first-order chi connectivity index (χ1) is 11.4. The molecule has 0 N–H and O–H groups in total. The summed E-state index contributed by atoms with van der Waals surface area (Å²) in [4.78, 5) is 4.96. The Morgan fingerprint density at radius 1 is 0.739 bits per heavy atom. The summed E-state index contributed by atoms with van der Waals surface area (Å²) in [7, 11) is 0. The van der Waals surface area contributed by atoms with Crippen molar-refractivity contribution in [3.63, 3.8) is 0 Å².